The Morgan fingerprint density at radius 2 is 2.27 bits per heavy atom. The van der Waals surface area contributed by atoms with E-state index in [4.69, 9.17) is 0 Å². The summed E-state index contributed by atoms with van der Waals surface area (Å²) in [6, 6.07) is 3.37. The second-order valence-corrected chi connectivity index (χ2v) is 3.48. The summed E-state index contributed by atoms with van der Waals surface area (Å²) < 4.78 is 0.508. The summed E-state index contributed by atoms with van der Waals surface area (Å²) in [5.74, 6) is 0.153. The highest BCUT2D eigenvalue weighted by atomic mass is 79.9. The van der Waals surface area contributed by atoms with E-state index in [1.807, 2.05) is 0 Å². The van der Waals surface area contributed by atoms with Gasteiger partial charge in [0.1, 0.15) is 4.60 Å². The van der Waals surface area contributed by atoms with Gasteiger partial charge in [-0.1, -0.05) is 0 Å². The second-order valence-electron chi connectivity index (χ2n) is 2.73. The van der Waals surface area contributed by atoms with Gasteiger partial charge >= 0.3 is 0 Å². The third-order valence-electron chi connectivity index (χ3n) is 1.73. The number of hydrogen-bond acceptors (Lipinski definition) is 3. The van der Waals surface area contributed by atoms with Crippen molar-refractivity contribution in [2.45, 2.75) is 0 Å². The Hall–Kier alpha value is -1.69. The fraction of sp³-hybridized carbons (Fsp3) is 0. The minimum absolute atomic E-state index is 0.259. The van der Waals surface area contributed by atoms with Crippen LogP contribution < -0.4 is 5.32 Å². The second kappa shape index (κ2) is 4.22. The van der Waals surface area contributed by atoms with Crippen molar-refractivity contribution in [1.29, 1.82) is 0 Å². The lowest BCUT2D eigenvalue weighted by Gasteiger charge is -2.02. The molecule has 2 aromatic heterocycles. The summed E-state index contributed by atoms with van der Waals surface area (Å²) in [6.07, 6.45) is 4.80. The van der Waals surface area contributed by atoms with Crippen LogP contribution in [0.25, 0.3) is 0 Å². The molecule has 0 atom stereocenters. The van der Waals surface area contributed by atoms with Gasteiger partial charge in [-0.3, -0.25) is 10.1 Å². The van der Waals surface area contributed by atoms with Crippen LogP contribution in [0.2, 0.25) is 0 Å². The van der Waals surface area contributed by atoms with Crippen LogP contribution in [0.15, 0.2) is 35.3 Å². The molecule has 5 nitrogen and oxygen atoms in total. The van der Waals surface area contributed by atoms with Crippen molar-refractivity contribution in [3.05, 3.63) is 40.9 Å². The highest BCUT2D eigenvalue weighted by molar-refractivity contribution is 9.10. The van der Waals surface area contributed by atoms with Crippen LogP contribution in [0.5, 0.6) is 0 Å². The van der Waals surface area contributed by atoms with Gasteiger partial charge in [-0.05, 0) is 28.1 Å². The van der Waals surface area contributed by atoms with Gasteiger partial charge in [-0.2, -0.15) is 0 Å². The molecule has 0 aliphatic carbocycles. The normalized spacial score (nSPS) is 9.93. The zero-order valence-electron chi connectivity index (χ0n) is 7.57. The number of H-pyrrole nitrogens is 1. The van der Waals surface area contributed by atoms with Crippen molar-refractivity contribution in [3.63, 3.8) is 0 Å². The first kappa shape index (κ1) is 9.85. The van der Waals surface area contributed by atoms with Gasteiger partial charge in [0, 0.05) is 18.6 Å². The summed E-state index contributed by atoms with van der Waals surface area (Å²) >= 11 is 3.20. The number of halogens is 1. The van der Waals surface area contributed by atoms with Crippen LogP contribution in [-0.2, 0) is 0 Å². The van der Waals surface area contributed by atoms with Gasteiger partial charge in [-0.15, -0.1) is 0 Å². The van der Waals surface area contributed by atoms with Crippen LogP contribution in [0.4, 0.5) is 5.95 Å². The van der Waals surface area contributed by atoms with E-state index in [1.165, 1.54) is 0 Å². The molecule has 15 heavy (non-hydrogen) atoms. The molecule has 2 rings (SSSR count). The van der Waals surface area contributed by atoms with Crippen molar-refractivity contribution in [1.82, 2.24) is 15.0 Å². The largest absolute Gasteiger partial charge is 0.331 e. The van der Waals surface area contributed by atoms with E-state index in [-0.39, 0.29) is 5.91 Å². The number of pyridine rings is 1. The number of carbonyl (C=O) groups is 1. The summed E-state index contributed by atoms with van der Waals surface area (Å²) in [4.78, 5) is 22.3. The smallest absolute Gasteiger partial charge is 0.260 e. The van der Waals surface area contributed by atoms with Gasteiger partial charge in [-0.25, -0.2) is 9.97 Å². The Bertz CT molecular complexity index is 469. The molecule has 0 aliphatic heterocycles. The van der Waals surface area contributed by atoms with E-state index in [0.717, 1.165) is 0 Å². The number of nitrogens with one attached hydrogen (secondary N) is 2. The third kappa shape index (κ3) is 2.21. The zero-order valence-corrected chi connectivity index (χ0v) is 9.15. The van der Waals surface area contributed by atoms with E-state index in [9.17, 15) is 4.79 Å². The van der Waals surface area contributed by atoms with Gasteiger partial charge in [0.05, 0.1) is 5.56 Å². The maximum atomic E-state index is 11.7. The van der Waals surface area contributed by atoms with Crippen LogP contribution in [0.3, 0.4) is 0 Å². The number of aromatic nitrogens is 3. The molecule has 0 spiro atoms. The molecular weight excluding hydrogens is 260 g/mol. The Labute approximate surface area is 94.1 Å². The van der Waals surface area contributed by atoms with Gasteiger partial charge in [0.25, 0.3) is 5.91 Å². The minimum atomic E-state index is -0.259. The molecule has 0 aromatic carbocycles. The van der Waals surface area contributed by atoms with Gasteiger partial charge in [0.15, 0.2) is 0 Å². The zero-order chi connectivity index (χ0) is 10.7. The first-order valence-corrected chi connectivity index (χ1v) is 4.98. The SMILES string of the molecule is O=C(Nc1ncc[nH]1)c1cccnc1Br. The number of imidazole rings is 1. The van der Waals surface area contributed by atoms with Crippen molar-refractivity contribution in [3.8, 4) is 0 Å². The molecular formula is C9H7BrN4O. The van der Waals surface area contributed by atoms with Gasteiger partial charge < -0.3 is 4.98 Å². The van der Waals surface area contributed by atoms with Crippen LogP contribution >= 0.6 is 15.9 Å². The summed E-state index contributed by atoms with van der Waals surface area (Å²) in [7, 11) is 0. The minimum Gasteiger partial charge on any atom is -0.331 e. The Kier molecular flexibility index (Phi) is 2.77. The highest BCUT2D eigenvalue weighted by Crippen LogP contribution is 2.13. The molecule has 0 saturated carbocycles. The molecule has 0 fully saturated rings. The van der Waals surface area contributed by atoms with Crippen molar-refractivity contribution < 1.29 is 4.79 Å². The van der Waals surface area contributed by atoms with Crippen molar-refractivity contribution in [2.24, 2.45) is 0 Å². The Morgan fingerprint density at radius 1 is 1.40 bits per heavy atom. The van der Waals surface area contributed by atoms with E-state index in [1.54, 1.807) is 30.7 Å². The van der Waals surface area contributed by atoms with Crippen LogP contribution in [-0.4, -0.2) is 20.9 Å². The maximum Gasteiger partial charge on any atom is 0.260 e. The maximum absolute atomic E-state index is 11.7. The summed E-state index contributed by atoms with van der Waals surface area (Å²) in [6.45, 7) is 0. The Morgan fingerprint density at radius 3 is 2.93 bits per heavy atom. The summed E-state index contributed by atoms with van der Waals surface area (Å²) in [5, 5.41) is 2.60. The standard InChI is InChI=1S/C9H7BrN4O/c10-7-6(2-1-3-11-7)8(15)14-9-12-4-5-13-9/h1-5H,(H2,12,13,14,15). The lowest BCUT2D eigenvalue weighted by atomic mass is 10.3. The average Bonchev–Trinajstić information content (AvgIpc) is 2.71. The van der Waals surface area contributed by atoms with Crippen LogP contribution in [0, 0.1) is 0 Å². The molecule has 76 valence electrons. The molecule has 2 N–H and O–H groups in total. The molecule has 0 radical (unpaired) electrons. The lowest BCUT2D eigenvalue weighted by molar-refractivity contribution is 0.102. The topological polar surface area (TPSA) is 70.7 Å². The molecule has 6 heteroatoms. The Balaban J connectivity index is 2.19. The molecule has 1 amide bonds. The fourth-order valence-corrected chi connectivity index (χ4v) is 1.49. The molecule has 0 saturated heterocycles. The molecule has 0 unspecified atom stereocenters. The monoisotopic (exact) mass is 266 g/mol. The number of aromatic amines is 1. The molecule has 2 heterocycles. The lowest BCUT2D eigenvalue weighted by Crippen LogP contribution is -2.13. The number of nitrogens with zero attached hydrogens (tertiary/aromatic N) is 2. The van der Waals surface area contributed by atoms with E-state index >= 15 is 0 Å². The summed E-state index contributed by atoms with van der Waals surface area (Å²) in [5.41, 5.74) is 0.467. The van der Waals surface area contributed by atoms with Crippen molar-refractivity contribution >= 4 is 27.8 Å². The molecule has 2 aromatic rings. The first-order chi connectivity index (χ1) is 7.27. The van der Waals surface area contributed by atoms with E-state index in [2.05, 4.69) is 36.2 Å². The number of carbonyl (C=O) groups excluding carboxylic acids is 1. The fourth-order valence-electron chi connectivity index (χ4n) is 1.06. The van der Waals surface area contributed by atoms with E-state index in [0.29, 0.717) is 16.1 Å². The molecule has 0 bridgehead atoms. The first-order valence-electron chi connectivity index (χ1n) is 4.18. The van der Waals surface area contributed by atoms with E-state index < -0.39 is 0 Å². The predicted octanol–water partition coefficient (Wildman–Crippen LogP) is 1.82. The molecule has 0 aliphatic rings. The third-order valence-corrected chi connectivity index (χ3v) is 2.37. The number of hydrogen-bond donors (Lipinski definition) is 2. The quantitative estimate of drug-likeness (QED) is 0.815. The number of rotatable bonds is 2. The van der Waals surface area contributed by atoms with Crippen LogP contribution in [0.1, 0.15) is 10.4 Å². The average molecular weight is 267 g/mol. The number of amides is 1. The van der Waals surface area contributed by atoms with Crippen molar-refractivity contribution in [2.75, 3.05) is 5.32 Å². The van der Waals surface area contributed by atoms with Gasteiger partial charge in [0.2, 0.25) is 5.95 Å². The highest BCUT2D eigenvalue weighted by Gasteiger charge is 2.10. The number of anilines is 1. The predicted molar refractivity (Wildman–Crippen MR) is 58.5 cm³/mol.